The van der Waals surface area contributed by atoms with E-state index >= 15 is 0 Å². The van der Waals surface area contributed by atoms with Gasteiger partial charge in [-0.05, 0) is 85.2 Å². The van der Waals surface area contributed by atoms with Gasteiger partial charge < -0.3 is 44.6 Å². The Morgan fingerprint density at radius 2 is 0.873 bits per heavy atom. The molecule has 0 aromatic carbocycles. The van der Waals surface area contributed by atoms with Crippen molar-refractivity contribution < 1.29 is 93.3 Å². The van der Waals surface area contributed by atoms with Crippen LogP contribution in [0.25, 0.3) is 4.13 Å². The summed E-state index contributed by atoms with van der Waals surface area (Å²) in [5.74, 6) is 3.01. The minimum atomic E-state index is -6.72. The number of esters is 2. The van der Waals surface area contributed by atoms with Crippen molar-refractivity contribution in [1.29, 1.82) is 0 Å². The highest BCUT2D eigenvalue weighted by Gasteiger charge is 2.47. The number of nitrogens with zero attached hydrogens (tertiary/aromatic N) is 2. The highest BCUT2D eigenvalue weighted by Crippen LogP contribution is 2.36. The zero-order valence-corrected chi connectivity index (χ0v) is 42.5. The molecular formula is C35H68F6N2O14S4Si2. The Morgan fingerprint density at radius 3 is 1.16 bits per heavy atom. The molecule has 0 bridgehead atoms. The first-order valence-electron chi connectivity index (χ1n) is 21.0. The van der Waals surface area contributed by atoms with Crippen molar-refractivity contribution >= 4 is 73.1 Å². The molecule has 1 aliphatic rings. The number of quaternary nitrogens is 1. The van der Waals surface area contributed by atoms with Crippen LogP contribution < -0.4 is 0 Å². The van der Waals surface area contributed by atoms with Crippen LogP contribution >= 0.6 is 23.5 Å². The summed E-state index contributed by atoms with van der Waals surface area (Å²) in [7, 11) is -18.6. The van der Waals surface area contributed by atoms with Crippen molar-refractivity contribution in [2.24, 2.45) is 0 Å². The van der Waals surface area contributed by atoms with Crippen LogP contribution in [-0.2, 0) is 65.7 Å². The fourth-order valence-corrected chi connectivity index (χ4v) is 15.3. The summed E-state index contributed by atoms with van der Waals surface area (Å²) in [6.07, 6.45) is 6.18. The van der Waals surface area contributed by atoms with Gasteiger partial charge in [0.05, 0.1) is 25.9 Å². The van der Waals surface area contributed by atoms with Crippen LogP contribution in [0.3, 0.4) is 0 Å². The third-order valence-electron chi connectivity index (χ3n) is 8.83. The lowest BCUT2D eigenvalue weighted by atomic mass is 10.1. The molecule has 1 fully saturated rings. The minimum Gasteiger partial charge on any atom is -0.460 e. The molecule has 0 saturated carbocycles. The predicted molar refractivity (Wildman–Crippen MR) is 233 cm³/mol. The second kappa shape index (κ2) is 32.1. The number of sulfonamides is 2. The van der Waals surface area contributed by atoms with Crippen LogP contribution in [0.4, 0.5) is 26.3 Å². The largest absolute Gasteiger partial charge is 0.500 e. The van der Waals surface area contributed by atoms with E-state index in [4.69, 9.17) is 36.0 Å². The van der Waals surface area contributed by atoms with Gasteiger partial charge in [-0.1, -0.05) is 0 Å². The minimum absolute atomic E-state index is 0.148. The first-order valence-corrected chi connectivity index (χ1v) is 30.1. The van der Waals surface area contributed by atoms with Gasteiger partial charge in [0.2, 0.25) is 0 Å². The number of halogens is 6. The molecule has 28 heteroatoms. The van der Waals surface area contributed by atoms with Crippen molar-refractivity contribution in [2.75, 3.05) is 102 Å². The van der Waals surface area contributed by atoms with Gasteiger partial charge in [-0.3, -0.25) is 9.59 Å². The Balaban J connectivity index is 0.00000216. The maximum absolute atomic E-state index is 12.5. The average Bonchev–Trinajstić information content (AvgIpc) is 3.17. The summed E-state index contributed by atoms with van der Waals surface area (Å²) in [5.41, 5.74) is -12.4. The van der Waals surface area contributed by atoms with Gasteiger partial charge in [0.15, 0.2) is 20.0 Å². The second-order valence-electron chi connectivity index (χ2n) is 13.5. The van der Waals surface area contributed by atoms with Crippen LogP contribution in [0.15, 0.2) is 0 Å². The quantitative estimate of drug-likeness (QED) is 0.0206. The third-order valence-corrected chi connectivity index (χ3v) is 20.0. The monoisotopic (exact) mass is 1040 g/mol. The van der Waals surface area contributed by atoms with Crippen molar-refractivity contribution in [3.05, 3.63) is 4.13 Å². The Hall–Kier alpha value is -0.766. The molecule has 0 amide bonds. The predicted octanol–water partition coefficient (Wildman–Crippen LogP) is 7.26. The van der Waals surface area contributed by atoms with Crippen molar-refractivity contribution in [3.63, 3.8) is 0 Å². The van der Waals surface area contributed by atoms with Gasteiger partial charge in [-0.2, -0.15) is 49.9 Å². The molecule has 0 aromatic heterocycles. The van der Waals surface area contributed by atoms with Crippen molar-refractivity contribution in [2.45, 2.75) is 110 Å². The number of piperidine rings is 1. The topological polar surface area (TPSA) is 190 Å². The van der Waals surface area contributed by atoms with Crippen LogP contribution in [0.2, 0.25) is 12.1 Å². The van der Waals surface area contributed by atoms with E-state index in [1.54, 1.807) is 23.5 Å². The average molecular weight is 1040 g/mol. The fourth-order valence-electron chi connectivity index (χ4n) is 6.11. The SMILES string of the molecule is CCO[Si](CCCSCCC(=O)OCC[N+]1(CCOC(=O)CCSCCC[Si](OCC)(OCC)OCC)CCCCC1)(OCC)OCC.O=S(=O)([N-]S(=O)(=O)C(F)(F)F)C(F)(F)F. The molecular weight excluding hydrogens is 971 g/mol. The molecule has 1 rings (SSSR count). The lowest BCUT2D eigenvalue weighted by Gasteiger charge is -2.41. The Labute approximate surface area is 380 Å². The molecule has 0 aliphatic carbocycles. The number of ether oxygens (including phenoxy) is 2. The van der Waals surface area contributed by atoms with Crippen LogP contribution in [-0.4, -0.2) is 164 Å². The highest BCUT2D eigenvalue weighted by atomic mass is 32.3. The first-order chi connectivity index (χ1) is 29.5. The molecule has 0 spiro atoms. The van der Waals surface area contributed by atoms with Gasteiger partial charge in [0, 0.05) is 63.2 Å². The van der Waals surface area contributed by atoms with Crippen LogP contribution in [0.1, 0.15) is 86.5 Å². The number of carbonyl (C=O) groups is 2. The molecule has 1 heterocycles. The summed E-state index contributed by atoms with van der Waals surface area (Å²) in [5, 5.41) is 0. The van der Waals surface area contributed by atoms with Gasteiger partial charge in [0.1, 0.15) is 26.3 Å². The van der Waals surface area contributed by atoms with Gasteiger partial charge >= 0.3 is 40.6 Å². The second-order valence-corrected chi connectivity index (χ2v) is 24.9. The Morgan fingerprint density at radius 1 is 0.556 bits per heavy atom. The normalized spacial score (nSPS) is 15.1. The summed E-state index contributed by atoms with van der Waals surface area (Å²) < 4.78 is 157. The van der Waals surface area contributed by atoms with E-state index in [-0.39, 0.29) is 11.9 Å². The molecule has 0 atom stereocenters. The standard InChI is InChI=1S/C33H68NO10S2Si2.C2F6NO4S2/c1-7-39-47(40-8-2,41-9-3)30-16-26-45-28-18-32(35)37-24-22-34(20-14-13-15-21-34)23-25-38-33(36)19-29-46-27-17-31-48(42-10-4,43-11-5)44-12-6;3-1(4,5)14(10,11)9-15(12,13)2(6,7)8/h7-31H2,1-6H3;/q+1;-1. The maximum Gasteiger partial charge on any atom is 0.500 e. The van der Waals surface area contributed by atoms with E-state index < -0.39 is 48.7 Å². The summed E-state index contributed by atoms with van der Waals surface area (Å²) in [6, 6.07) is 1.58. The van der Waals surface area contributed by atoms with Crippen LogP contribution in [0.5, 0.6) is 0 Å². The highest BCUT2D eigenvalue weighted by molar-refractivity contribution is 8.13. The van der Waals surface area contributed by atoms with Gasteiger partial charge in [-0.25, -0.2) is 16.8 Å². The lowest BCUT2D eigenvalue weighted by molar-refractivity contribution is -0.932. The third kappa shape index (κ3) is 25.8. The Bertz CT molecular complexity index is 1350. The van der Waals surface area contributed by atoms with E-state index in [1.165, 1.54) is 6.42 Å². The molecule has 0 aromatic rings. The number of rotatable bonds is 34. The molecule has 0 unspecified atom stereocenters. The zero-order valence-electron chi connectivity index (χ0n) is 37.2. The van der Waals surface area contributed by atoms with Crippen molar-refractivity contribution in [1.82, 2.24) is 0 Å². The van der Waals surface area contributed by atoms with E-state index in [0.717, 1.165) is 95.6 Å². The molecule has 1 saturated heterocycles. The maximum atomic E-state index is 12.5. The molecule has 16 nitrogen and oxygen atoms in total. The molecule has 1 aliphatic heterocycles. The lowest BCUT2D eigenvalue weighted by Crippen LogP contribution is -2.55. The number of thioether (sulfide) groups is 2. The van der Waals surface area contributed by atoms with Gasteiger partial charge in [-0.15, -0.1) is 0 Å². The van der Waals surface area contributed by atoms with Gasteiger partial charge in [0.25, 0.3) is 0 Å². The number of hydrogen-bond donors (Lipinski definition) is 0. The smallest absolute Gasteiger partial charge is 0.460 e. The van der Waals surface area contributed by atoms with E-state index in [0.29, 0.717) is 65.7 Å². The molecule has 0 radical (unpaired) electrons. The zero-order chi connectivity index (χ0) is 48.1. The summed E-state index contributed by atoms with van der Waals surface area (Å²) in [4.78, 5) is 24.9. The van der Waals surface area contributed by atoms with Crippen molar-refractivity contribution in [3.8, 4) is 0 Å². The summed E-state index contributed by atoms with van der Waals surface area (Å²) >= 11 is 3.51. The number of hydrogen-bond acceptors (Lipinski definition) is 16. The fraction of sp³-hybridized carbons (Fsp3) is 0.943. The first kappa shape index (κ1) is 62.2. The molecule has 63 heavy (non-hydrogen) atoms. The van der Waals surface area contributed by atoms with E-state index in [9.17, 15) is 52.8 Å². The number of alkyl halides is 6. The number of likely N-dealkylation sites (tertiary alicyclic amines) is 1. The molecule has 0 N–H and O–H groups in total. The molecule has 376 valence electrons. The van der Waals surface area contributed by atoms with E-state index in [2.05, 4.69) is 0 Å². The van der Waals surface area contributed by atoms with Crippen LogP contribution in [0, 0.1) is 0 Å². The van der Waals surface area contributed by atoms with E-state index in [1.807, 2.05) is 41.5 Å². The Kier molecular flexibility index (Phi) is 31.7. The number of carbonyl (C=O) groups excluding carboxylic acids is 2. The summed E-state index contributed by atoms with van der Waals surface area (Å²) in [6.45, 7) is 19.7.